The number of carboxylic acids is 1. The van der Waals surface area contributed by atoms with Gasteiger partial charge in [0.25, 0.3) is 0 Å². The third-order valence-corrected chi connectivity index (χ3v) is 19.1. The predicted molar refractivity (Wildman–Crippen MR) is 236 cm³/mol. The summed E-state index contributed by atoms with van der Waals surface area (Å²) in [4.78, 5) is 30.1. The molecule has 8 heteroatoms. The first-order valence-corrected chi connectivity index (χ1v) is 23.6. The van der Waals surface area contributed by atoms with Crippen molar-refractivity contribution >= 4 is 23.5 Å². The van der Waals surface area contributed by atoms with E-state index >= 15 is 0 Å². The van der Waals surface area contributed by atoms with E-state index in [1.807, 2.05) is 12.1 Å². The predicted octanol–water partition coefficient (Wildman–Crippen LogP) is 10.5. The number of halogens is 1. The number of carbonyl (C=O) groups excluding carboxylic acids is 1. The number of hydrogen-bond donors (Lipinski definition) is 2. The van der Waals surface area contributed by atoms with Crippen LogP contribution in [0.25, 0.3) is 0 Å². The van der Waals surface area contributed by atoms with Crippen molar-refractivity contribution in [2.45, 2.75) is 145 Å². The van der Waals surface area contributed by atoms with Crippen molar-refractivity contribution in [3.8, 4) is 0 Å². The number of nitrogens with one attached hydrogen (secondary N) is 1. The number of allylic oxidation sites excluding steroid dienone is 1. The molecule has 0 amide bonds. The summed E-state index contributed by atoms with van der Waals surface area (Å²) in [5.74, 6) is 1.90. The monoisotopic (exact) mass is 820 g/mol. The lowest BCUT2D eigenvalue weighted by molar-refractivity contribution is -0.250. The number of esters is 1. The third kappa shape index (κ3) is 7.87. The van der Waals surface area contributed by atoms with E-state index < -0.39 is 11.4 Å². The Balaban J connectivity index is 0.975. The second-order valence-corrected chi connectivity index (χ2v) is 22.9. The molecule has 0 spiro atoms. The summed E-state index contributed by atoms with van der Waals surface area (Å²) < 4.78 is 6.23. The molecule has 1 aliphatic heterocycles. The number of nitrogens with zero attached hydrogens (tertiary/aromatic N) is 2. The standard InChI is InChI=1S/C50H78ClN3O4/c1-34(2)37-16-21-50(24-25-52-26-27-53-28-30-54(31-29-53)33-35-10-12-36(51)13-11-35)23-22-48(8)38(43(37)50)14-15-40-47(7)19-18-41(58-42(55)32-45(3,4)44(56)57)46(5,6)39(47)17-20-49(40,48)9/h10-13,37-41,43,52H,1,14-33H2,2-9H3,(H,56,57)/t37-,38+,39-,40+,41-,43+,47-,48+,49+,50+/m0/s1. The highest BCUT2D eigenvalue weighted by molar-refractivity contribution is 6.30. The van der Waals surface area contributed by atoms with Crippen LogP contribution in [-0.2, 0) is 20.9 Å². The van der Waals surface area contributed by atoms with Crippen molar-refractivity contribution in [3.05, 3.63) is 47.0 Å². The van der Waals surface area contributed by atoms with Gasteiger partial charge < -0.3 is 15.2 Å². The lowest BCUT2D eigenvalue weighted by Gasteiger charge is -2.73. The van der Waals surface area contributed by atoms with Crippen LogP contribution in [0, 0.1) is 62.1 Å². The van der Waals surface area contributed by atoms with Crippen LogP contribution in [0.1, 0.15) is 138 Å². The topological polar surface area (TPSA) is 82.1 Å². The molecule has 0 aromatic heterocycles. The van der Waals surface area contributed by atoms with Gasteiger partial charge in [0, 0.05) is 56.3 Å². The number of rotatable bonds is 13. The lowest BCUT2D eigenvalue weighted by Crippen LogP contribution is -2.66. The van der Waals surface area contributed by atoms with E-state index in [2.05, 4.69) is 75.4 Å². The SMILES string of the molecule is C=C(C)[C@@H]1CC[C@]2(CCNCCN3CCN(Cc4ccc(Cl)cc4)CC3)CC[C@]3(C)[C@H](CC[C@@H]4[C@@]5(C)CC[C@H](OC(=O)CC(C)(C)C(=O)O)C(C)(C)[C@@H]5CC[C@]43C)[C@@H]12. The molecule has 1 saturated heterocycles. The van der Waals surface area contributed by atoms with E-state index in [0.717, 1.165) is 82.1 Å². The zero-order chi connectivity index (χ0) is 41.9. The van der Waals surface area contributed by atoms with Gasteiger partial charge in [-0.2, -0.15) is 0 Å². The summed E-state index contributed by atoms with van der Waals surface area (Å²) in [6.45, 7) is 31.8. The van der Waals surface area contributed by atoms with E-state index in [1.165, 1.54) is 68.9 Å². The highest BCUT2D eigenvalue weighted by Gasteiger charge is 2.71. The zero-order valence-corrected chi connectivity index (χ0v) is 38.3. The quantitative estimate of drug-likeness (QED) is 0.117. The maximum absolute atomic E-state index is 13.2. The van der Waals surface area contributed by atoms with Crippen molar-refractivity contribution in [3.63, 3.8) is 0 Å². The van der Waals surface area contributed by atoms with Crippen LogP contribution < -0.4 is 5.32 Å². The van der Waals surface area contributed by atoms with Crippen LogP contribution >= 0.6 is 11.6 Å². The van der Waals surface area contributed by atoms with Crippen molar-refractivity contribution < 1.29 is 19.4 Å². The molecule has 0 unspecified atom stereocenters. The van der Waals surface area contributed by atoms with E-state index in [4.69, 9.17) is 16.3 Å². The molecule has 7 rings (SSSR count). The molecular weight excluding hydrogens is 742 g/mol. The minimum absolute atomic E-state index is 0.0915. The van der Waals surface area contributed by atoms with Crippen LogP contribution in [0.2, 0.25) is 5.02 Å². The molecule has 1 aromatic rings. The molecule has 2 N–H and O–H groups in total. The molecule has 58 heavy (non-hydrogen) atoms. The molecule has 1 aromatic carbocycles. The molecular formula is C50H78ClN3O4. The second-order valence-electron chi connectivity index (χ2n) is 22.5. The van der Waals surface area contributed by atoms with Crippen molar-refractivity contribution in [1.82, 2.24) is 15.1 Å². The fourth-order valence-electron chi connectivity index (χ4n) is 15.3. The highest BCUT2D eigenvalue weighted by Crippen LogP contribution is 2.78. The summed E-state index contributed by atoms with van der Waals surface area (Å²) in [6, 6.07) is 8.31. The van der Waals surface area contributed by atoms with Gasteiger partial charge in [0.15, 0.2) is 0 Å². The Morgan fingerprint density at radius 3 is 2.22 bits per heavy atom. The first-order chi connectivity index (χ1) is 27.3. The normalized spacial score (nSPS) is 38.8. The average Bonchev–Trinajstić information content (AvgIpc) is 3.54. The van der Waals surface area contributed by atoms with Gasteiger partial charge in [0.1, 0.15) is 6.10 Å². The van der Waals surface area contributed by atoms with E-state index in [-0.39, 0.29) is 34.7 Å². The van der Waals surface area contributed by atoms with Crippen LogP contribution in [-0.4, -0.2) is 78.8 Å². The molecule has 6 fully saturated rings. The minimum Gasteiger partial charge on any atom is -0.481 e. The van der Waals surface area contributed by atoms with Gasteiger partial charge in [-0.05, 0) is 167 Å². The number of piperazine rings is 1. The smallest absolute Gasteiger partial charge is 0.309 e. The fraction of sp³-hybridized carbons (Fsp3) is 0.800. The van der Waals surface area contributed by atoms with E-state index in [1.54, 1.807) is 13.8 Å². The van der Waals surface area contributed by atoms with Gasteiger partial charge in [0.2, 0.25) is 0 Å². The Bertz CT molecular complexity index is 1670. The summed E-state index contributed by atoms with van der Waals surface area (Å²) in [5, 5.41) is 14.4. The van der Waals surface area contributed by atoms with Crippen molar-refractivity contribution in [1.29, 1.82) is 0 Å². The number of hydrogen-bond acceptors (Lipinski definition) is 6. The maximum Gasteiger partial charge on any atom is 0.309 e. The first kappa shape index (κ1) is 44.1. The number of benzene rings is 1. The molecule has 10 atom stereocenters. The molecule has 324 valence electrons. The maximum atomic E-state index is 13.2. The Hall–Kier alpha value is -1.93. The van der Waals surface area contributed by atoms with Crippen LogP contribution in [0.3, 0.4) is 0 Å². The average molecular weight is 821 g/mol. The fourth-order valence-corrected chi connectivity index (χ4v) is 15.4. The molecule has 7 nitrogen and oxygen atoms in total. The van der Waals surface area contributed by atoms with Crippen molar-refractivity contribution in [2.24, 2.45) is 62.1 Å². The van der Waals surface area contributed by atoms with Gasteiger partial charge in [0.05, 0.1) is 11.8 Å². The van der Waals surface area contributed by atoms with Crippen LogP contribution in [0.5, 0.6) is 0 Å². The Morgan fingerprint density at radius 2 is 1.55 bits per heavy atom. The Morgan fingerprint density at radius 1 is 0.862 bits per heavy atom. The van der Waals surface area contributed by atoms with Gasteiger partial charge >= 0.3 is 11.9 Å². The molecule has 0 bridgehead atoms. The summed E-state index contributed by atoms with van der Waals surface area (Å²) in [6.07, 6.45) is 13.4. The molecule has 0 radical (unpaired) electrons. The van der Waals surface area contributed by atoms with Crippen molar-refractivity contribution in [2.75, 3.05) is 45.8 Å². The minimum atomic E-state index is -1.13. The number of aliphatic carboxylic acids is 1. The van der Waals surface area contributed by atoms with Gasteiger partial charge in [-0.1, -0.05) is 70.5 Å². The zero-order valence-electron chi connectivity index (χ0n) is 37.6. The van der Waals surface area contributed by atoms with Crippen LogP contribution in [0.4, 0.5) is 0 Å². The number of carbonyl (C=O) groups is 2. The number of ether oxygens (including phenoxy) is 1. The van der Waals surface area contributed by atoms with E-state index in [0.29, 0.717) is 28.6 Å². The number of carboxylic acid groups (broad SMARTS) is 1. The number of fused-ring (bicyclic) bond motifs is 7. The van der Waals surface area contributed by atoms with Crippen LogP contribution in [0.15, 0.2) is 36.4 Å². The summed E-state index contributed by atoms with van der Waals surface area (Å²) >= 11 is 6.10. The van der Waals surface area contributed by atoms with E-state index in [9.17, 15) is 14.7 Å². The first-order valence-electron chi connectivity index (χ1n) is 23.2. The molecule has 6 aliphatic rings. The largest absolute Gasteiger partial charge is 0.481 e. The lowest BCUT2D eigenvalue weighted by atomic mass is 9.32. The molecule has 5 saturated carbocycles. The van der Waals surface area contributed by atoms with Gasteiger partial charge in [-0.3, -0.25) is 19.4 Å². The summed E-state index contributed by atoms with van der Waals surface area (Å²) in [7, 11) is 0. The molecule has 1 heterocycles. The Labute approximate surface area is 356 Å². The Kier molecular flexibility index (Phi) is 12.5. The second kappa shape index (κ2) is 16.4. The van der Waals surface area contributed by atoms with Gasteiger partial charge in [-0.15, -0.1) is 0 Å². The highest BCUT2D eigenvalue weighted by atomic mass is 35.5. The molecule has 5 aliphatic carbocycles. The summed E-state index contributed by atoms with van der Waals surface area (Å²) in [5.41, 5.74) is 2.66. The van der Waals surface area contributed by atoms with Gasteiger partial charge in [-0.25, -0.2) is 0 Å². The third-order valence-electron chi connectivity index (χ3n) is 18.8.